The molecule has 1 aliphatic heterocycles. The van der Waals surface area contributed by atoms with Gasteiger partial charge >= 0.3 is 0 Å². The van der Waals surface area contributed by atoms with E-state index in [2.05, 4.69) is 18.4 Å². The van der Waals surface area contributed by atoms with Gasteiger partial charge in [-0.2, -0.15) is 0 Å². The van der Waals surface area contributed by atoms with E-state index in [0.717, 1.165) is 11.3 Å². The van der Waals surface area contributed by atoms with E-state index < -0.39 is 0 Å². The van der Waals surface area contributed by atoms with Crippen molar-refractivity contribution in [2.45, 2.75) is 26.8 Å². The predicted molar refractivity (Wildman–Crippen MR) is 85.7 cm³/mol. The summed E-state index contributed by atoms with van der Waals surface area (Å²) in [6.45, 7) is 6.17. The van der Waals surface area contributed by atoms with Crippen LogP contribution in [0.25, 0.3) is 6.08 Å². The summed E-state index contributed by atoms with van der Waals surface area (Å²) in [4.78, 5) is 27.1. The number of nitrogens with zero attached hydrogens (tertiary/aromatic N) is 3. The molecule has 0 unspecified atom stereocenters. The van der Waals surface area contributed by atoms with Gasteiger partial charge in [-0.05, 0) is 50.7 Å². The normalized spacial score (nSPS) is 16.3. The third-order valence-electron chi connectivity index (χ3n) is 3.58. The molecular weight excluding hydrogens is 286 g/mol. The number of amides is 2. The Morgan fingerprint density at radius 3 is 2.10 bits per heavy atom. The maximum absolute atomic E-state index is 12.2. The van der Waals surface area contributed by atoms with Crippen molar-refractivity contribution >= 4 is 35.2 Å². The van der Waals surface area contributed by atoms with Gasteiger partial charge in [-0.15, -0.1) is 0 Å². The van der Waals surface area contributed by atoms with Gasteiger partial charge in [0.25, 0.3) is 11.8 Å². The van der Waals surface area contributed by atoms with Gasteiger partial charge in [0.05, 0.1) is 0 Å². The molecular formula is C15H19N3O2S. The van der Waals surface area contributed by atoms with Crippen LogP contribution in [0.2, 0.25) is 0 Å². The van der Waals surface area contributed by atoms with Gasteiger partial charge in [0.15, 0.2) is 5.11 Å². The Morgan fingerprint density at radius 1 is 1.14 bits per heavy atom. The molecule has 1 aromatic heterocycles. The molecule has 0 aromatic carbocycles. The van der Waals surface area contributed by atoms with Crippen molar-refractivity contribution in [1.82, 2.24) is 14.4 Å². The minimum absolute atomic E-state index is 0.134. The zero-order chi connectivity index (χ0) is 15.9. The number of aryl methyl sites for hydroxylation is 1. The maximum atomic E-state index is 12.2. The summed E-state index contributed by atoms with van der Waals surface area (Å²) in [5.74, 6) is -0.726. The van der Waals surface area contributed by atoms with Crippen LogP contribution in [0, 0.1) is 6.92 Å². The number of carbonyl (C=O) groups is 2. The predicted octanol–water partition coefficient (Wildman–Crippen LogP) is 1.98. The Labute approximate surface area is 129 Å². The minimum Gasteiger partial charge on any atom is -0.349 e. The molecule has 2 heterocycles. The molecule has 0 spiro atoms. The maximum Gasteiger partial charge on any atom is 0.265 e. The van der Waals surface area contributed by atoms with Crippen molar-refractivity contribution in [3.63, 3.8) is 0 Å². The van der Waals surface area contributed by atoms with Crippen LogP contribution in [0.15, 0.2) is 17.8 Å². The van der Waals surface area contributed by atoms with E-state index in [4.69, 9.17) is 12.2 Å². The van der Waals surface area contributed by atoms with Gasteiger partial charge in [0.2, 0.25) is 0 Å². The lowest BCUT2D eigenvalue weighted by Gasteiger charge is -2.31. The molecule has 5 nitrogen and oxygen atoms in total. The van der Waals surface area contributed by atoms with Gasteiger partial charge in [0, 0.05) is 32.0 Å². The Balaban J connectivity index is 2.44. The summed E-state index contributed by atoms with van der Waals surface area (Å²) >= 11 is 5.06. The monoisotopic (exact) mass is 305 g/mol. The molecule has 0 atom stereocenters. The second kappa shape index (κ2) is 5.44. The lowest BCUT2D eigenvalue weighted by atomic mass is 10.1. The van der Waals surface area contributed by atoms with Crippen molar-refractivity contribution in [1.29, 1.82) is 0 Å². The first-order valence-corrected chi connectivity index (χ1v) is 7.15. The van der Waals surface area contributed by atoms with Crippen molar-refractivity contribution in [2.75, 3.05) is 14.1 Å². The van der Waals surface area contributed by atoms with E-state index in [1.54, 1.807) is 20.2 Å². The van der Waals surface area contributed by atoms with Crippen LogP contribution in [-0.2, 0) is 9.59 Å². The fraction of sp³-hybridized carbons (Fsp3) is 0.400. The smallest absolute Gasteiger partial charge is 0.265 e. The van der Waals surface area contributed by atoms with Gasteiger partial charge in [-0.25, -0.2) is 0 Å². The van der Waals surface area contributed by atoms with Crippen molar-refractivity contribution in [2.24, 2.45) is 0 Å². The van der Waals surface area contributed by atoms with Crippen LogP contribution in [0.4, 0.5) is 0 Å². The number of carbonyl (C=O) groups excluding carboxylic acids is 2. The molecule has 112 valence electrons. The molecule has 1 fully saturated rings. The molecule has 0 saturated carbocycles. The van der Waals surface area contributed by atoms with E-state index in [1.165, 1.54) is 9.80 Å². The molecule has 2 amide bonds. The average molecular weight is 305 g/mol. The van der Waals surface area contributed by atoms with E-state index in [9.17, 15) is 9.59 Å². The Bertz CT molecular complexity index is 632. The zero-order valence-corrected chi connectivity index (χ0v) is 13.7. The van der Waals surface area contributed by atoms with Crippen LogP contribution in [-0.4, -0.2) is 45.4 Å². The molecule has 2 rings (SSSR count). The summed E-state index contributed by atoms with van der Waals surface area (Å²) in [5, 5.41) is 0.220. The lowest BCUT2D eigenvalue weighted by Crippen LogP contribution is -2.52. The van der Waals surface area contributed by atoms with Gasteiger partial charge in [0.1, 0.15) is 5.57 Å². The quantitative estimate of drug-likeness (QED) is 0.477. The molecule has 0 radical (unpaired) electrons. The first-order chi connectivity index (χ1) is 9.73. The van der Waals surface area contributed by atoms with E-state index in [-0.39, 0.29) is 22.5 Å². The summed E-state index contributed by atoms with van der Waals surface area (Å²) < 4.78 is 2.10. The highest BCUT2D eigenvalue weighted by molar-refractivity contribution is 7.80. The van der Waals surface area contributed by atoms with E-state index >= 15 is 0 Å². The Hall–Kier alpha value is -1.95. The molecule has 1 aromatic rings. The van der Waals surface area contributed by atoms with Crippen LogP contribution in [0.3, 0.4) is 0 Å². The van der Waals surface area contributed by atoms with Gasteiger partial charge in [-0.1, -0.05) is 0 Å². The lowest BCUT2D eigenvalue weighted by molar-refractivity contribution is -0.132. The average Bonchev–Trinajstić information content (AvgIpc) is 2.80. The Morgan fingerprint density at radius 2 is 1.67 bits per heavy atom. The molecule has 0 bridgehead atoms. The Kier molecular flexibility index (Phi) is 4.00. The second-order valence-electron chi connectivity index (χ2n) is 5.48. The number of hydrogen-bond donors (Lipinski definition) is 0. The number of likely N-dealkylation sites (N-methyl/N-ethyl adjacent to an activating group) is 2. The standard InChI is InChI=1S/C15H19N3O2S/c1-9(2)18-8-11(6-10(18)3)7-12-13(19)16(4)15(21)17(5)14(12)20/h6-9H,1-5H3. The topological polar surface area (TPSA) is 45.6 Å². The first-order valence-electron chi connectivity index (χ1n) is 6.74. The number of hydrogen-bond acceptors (Lipinski definition) is 3. The van der Waals surface area contributed by atoms with Crippen molar-refractivity contribution in [3.8, 4) is 0 Å². The fourth-order valence-corrected chi connectivity index (χ4v) is 2.56. The van der Waals surface area contributed by atoms with Crippen LogP contribution < -0.4 is 0 Å². The molecule has 21 heavy (non-hydrogen) atoms. The largest absolute Gasteiger partial charge is 0.349 e. The number of aromatic nitrogens is 1. The van der Waals surface area contributed by atoms with Gasteiger partial charge < -0.3 is 4.57 Å². The third kappa shape index (κ3) is 2.63. The number of rotatable bonds is 2. The molecule has 1 aliphatic rings. The summed E-state index contributed by atoms with van der Waals surface area (Å²) in [5.41, 5.74) is 2.06. The van der Waals surface area contributed by atoms with Crippen LogP contribution in [0.1, 0.15) is 31.1 Å². The van der Waals surface area contributed by atoms with Crippen LogP contribution in [0.5, 0.6) is 0 Å². The highest BCUT2D eigenvalue weighted by atomic mass is 32.1. The van der Waals surface area contributed by atoms with Crippen molar-refractivity contribution < 1.29 is 9.59 Å². The fourth-order valence-electron chi connectivity index (χ4n) is 2.39. The highest BCUT2D eigenvalue weighted by Gasteiger charge is 2.35. The van der Waals surface area contributed by atoms with Gasteiger partial charge in [-0.3, -0.25) is 19.4 Å². The SMILES string of the molecule is Cc1cc(C=C2C(=O)N(C)C(=S)N(C)C2=O)cn1C(C)C. The highest BCUT2D eigenvalue weighted by Crippen LogP contribution is 2.20. The summed E-state index contributed by atoms with van der Waals surface area (Å²) in [6, 6.07) is 2.29. The zero-order valence-electron chi connectivity index (χ0n) is 12.9. The molecule has 0 aliphatic carbocycles. The minimum atomic E-state index is -0.363. The van der Waals surface area contributed by atoms with Crippen molar-refractivity contribution in [3.05, 3.63) is 29.1 Å². The van der Waals surface area contributed by atoms with E-state index in [1.807, 2.05) is 19.2 Å². The number of thiocarbonyl (C=S) groups is 1. The summed E-state index contributed by atoms with van der Waals surface area (Å²) in [7, 11) is 3.15. The van der Waals surface area contributed by atoms with Crippen LogP contribution >= 0.6 is 12.2 Å². The molecule has 0 N–H and O–H groups in total. The molecule has 1 saturated heterocycles. The molecule has 6 heteroatoms. The third-order valence-corrected chi connectivity index (χ3v) is 4.13. The second-order valence-corrected chi connectivity index (χ2v) is 5.85. The van der Waals surface area contributed by atoms with E-state index in [0.29, 0.717) is 6.04 Å². The first kappa shape index (κ1) is 15.4. The summed E-state index contributed by atoms with van der Waals surface area (Å²) in [6.07, 6.45) is 3.58.